The van der Waals surface area contributed by atoms with E-state index in [9.17, 15) is 9.59 Å². The highest BCUT2D eigenvalue weighted by molar-refractivity contribution is 6.43. The van der Waals surface area contributed by atoms with Crippen LogP contribution in [0.5, 0.6) is 0 Å². The third-order valence-corrected chi connectivity index (χ3v) is 1.68. The number of carbonyl (C=O) groups excluding carboxylic acids is 2. The van der Waals surface area contributed by atoms with Gasteiger partial charge in [-0.2, -0.15) is 5.01 Å². The molecule has 0 fully saturated rings. The van der Waals surface area contributed by atoms with Gasteiger partial charge < -0.3 is 11.1 Å². The highest BCUT2D eigenvalue weighted by Crippen LogP contribution is 1.92. The average Bonchev–Trinajstić information content (AvgIpc) is 2.46. The molecule has 0 aromatic heterocycles. The van der Waals surface area contributed by atoms with Crippen molar-refractivity contribution in [2.24, 2.45) is 10.8 Å². The molecule has 4 N–H and O–H groups in total. The number of primary amides is 1. The molecule has 2 amide bonds. The molecular weight excluding hydrogens is 172 g/mol. The fourth-order valence-corrected chi connectivity index (χ4v) is 1.01. The van der Waals surface area contributed by atoms with E-state index in [4.69, 9.17) is 5.73 Å². The number of rotatable bonds is 2. The van der Waals surface area contributed by atoms with Crippen LogP contribution < -0.4 is 16.1 Å². The van der Waals surface area contributed by atoms with Crippen LogP contribution in [0.4, 0.5) is 0 Å². The monoisotopic (exact) mass is 183 g/mol. The lowest BCUT2D eigenvalue weighted by atomic mass is 10.3. The summed E-state index contributed by atoms with van der Waals surface area (Å²) in [6.07, 6.45) is 1.39. The maximum atomic E-state index is 11.2. The van der Waals surface area contributed by atoms with Gasteiger partial charge in [-0.15, -0.1) is 0 Å². The summed E-state index contributed by atoms with van der Waals surface area (Å²) in [5.74, 6) is -0.893. The predicted molar refractivity (Wildman–Crippen MR) is 45.7 cm³/mol. The minimum absolute atomic E-state index is 0.121. The minimum atomic E-state index is -0.627. The molecule has 13 heavy (non-hydrogen) atoms. The van der Waals surface area contributed by atoms with Gasteiger partial charge in [0.15, 0.2) is 5.71 Å². The molecule has 1 unspecified atom stereocenters. The summed E-state index contributed by atoms with van der Waals surface area (Å²) in [6.45, 7) is 0. The summed E-state index contributed by atoms with van der Waals surface area (Å²) < 4.78 is 0. The molecule has 0 saturated carbocycles. The molecule has 1 rings (SSSR count). The van der Waals surface area contributed by atoms with Gasteiger partial charge in [-0.1, -0.05) is 5.10 Å². The van der Waals surface area contributed by atoms with Gasteiger partial charge in [-0.05, 0) is 0 Å². The van der Waals surface area contributed by atoms with Gasteiger partial charge in [0, 0.05) is 13.1 Å². The first-order valence-corrected chi connectivity index (χ1v) is 3.72. The van der Waals surface area contributed by atoms with Gasteiger partial charge in [0.2, 0.25) is 5.70 Å². The van der Waals surface area contributed by atoms with Gasteiger partial charge in [0.1, 0.15) is 0 Å². The van der Waals surface area contributed by atoms with Crippen molar-refractivity contribution in [2.75, 3.05) is 14.1 Å². The number of nitrogens with zero attached hydrogens (tertiary/aromatic N) is 1. The Hall–Kier alpha value is -1.69. The smallest absolute Gasteiger partial charge is 0.307 e. The zero-order valence-corrected chi connectivity index (χ0v) is 7.42. The van der Waals surface area contributed by atoms with Crippen molar-refractivity contribution in [1.82, 2.24) is 5.32 Å². The van der Waals surface area contributed by atoms with Crippen LogP contribution in [-0.4, -0.2) is 31.6 Å². The second kappa shape index (κ2) is 3.36. The van der Waals surface area contributed by atoms with Crippen molar-refractivity contribution in [2.45, 2.75) is 0 Å². The minimum Gasteiger partial charge on any atom is -0.364 e. The molecule has 1 aliphatic rings. The molecule has 0 aromatic rings. The van der Waals surface area contributed by atoms with Crippen LogP contribution in [0, 0.1) is 0 Å². The number of nitrogens with two attached hydrogens (primary N) is 1. The molecule has 0 aromatic carbocycles. The third-order valence-electron chi connectivity index (χ3n) is 1.68. The van der Waals surface area contributed by atoms with Gasteiger partial charge >= 0.3 is 5.91 Å². The molecule has 1 heterocycles. The van der Waals surface area contributed by atoms with E-state index >= 15 is 0 Å². The van der Waals surface area contributed by atoms with Crippen LogP contribution in [0.1, 0.15) is 0 Å². The second-order valence-corrected chi connectivity index (χ2v) is 2.58. The number of likely N-dealkylation sites (N-methyl/N-ethyl adjacent to an activating group) is 2. The van der Waals surface area contributed by atoms with Gasteiger partial charge in [0.25, 0.3) is 5.91 Å². The quantitative estimate of drug-likeness (QED) is 0.425. The fourth-order valence-electron chi connectivity index (χ4n) is 1.01. The van der Waals surface area contributed by atoms with Gasteiger partial charge in [-0.25, -0.2) is 0 Å². The van der Waals surface area contributed by atoms with E-state index in [1.54, 1.807) is 7.05 Å². The number of hydrogen-bond acceptors (Lipinski definition) is 3. The lowest BCUT2D eigenvalue weighted by Gasteiger charge is -2.02. The van der Waals surface area contributed by atoms with E-state index in [0.717, 1.165) is 0 Å². The van der Waals surface area contributed by atoms with Crippen molar-refractivity contribution in [3.05, 3.63) is 11.8 Å². The van der Waals surface area contributed by atoms with E-state index in [-0.39, 0.29) is 11.6 Å². The topological polar surface area (TPSA) is 89.0 Å². The number of nitrogens with one attached hydrogen (secondary N) is 2. The summed E-state index contributed by atoms with van der Waals surface area (Å²) in [6, 6.07) is 0. The van der Waals surface area contributed by atoms with Crippen molar-refractivity contribution < 1.29 is 14.6 Å². The molecule has 0 radical (unpaired) electrons. The van der Waals surface area contributed by atoms with Crippen LogP contribution >= 0.6 is 0 Å². The van der Waals surface area contributed by atoms with Crippen LogP contribution in [0.2, 0.25) is 0 Å². The Morgan fingerprint density at radius 3 is 2.62 bits per heavy atom. The van der Waals surface area contributed by atoms with E-state index in [1.807, 2.05) is 0 Å². The number of hydrogen-bond donors (Lipinski definition) is 3. The average molecular weight is 183 g/mol. The number of carbonyl (C=O) groups is 2. The Morgan fingerprint density at radius 1 is 1.62 bits per heavy atom. The summed E-state index contributed by atoms with van der Waals surface area (Å²) in [7, 11) is 3.16. The van der Waals surface area contributed by atoms with Crippen LogP contribution in [0.15, 0.2) is 16.9 Å². The van der Waals surface area contributed by atoms with Crippen molar-refractivity contribution >= 4 is 17.5 Å². The highest BCUT2D eigenvalue weighted by Gasteiger charge is 2.27. The Kier molecular flexibility index (Phi) is 2.43. The Balaban J connectivity index is 2.89. The fraction of sp³-hybridized carbons (Fsp3) is 0.286. The van der Waals surface area contributed by atoms with Gasteiger partial charge in [-0.3, -0.25) is 9.59 Å². The maximum absolute atomic E-state index is 11.2. The molecule has 1 atom stereocenters. The van der Waals surface area contributed by atoms with Crippen molar-refractivity contribution in [3.8, 4) is 0 Å². The first kappa shape index (κ1) is 9.40. The molecule has 1 aliphatic heterocycles. The molecule has 0 aliphatic carbocycles. The van der Waals surface area contributed by atoms with Crippen LogP contribution in [-0.2, 0) is 9.59 Å². The molecule has 6 heteroatoms. The van der Waals surface area contributed by atoms with E-state index in [1.165, 1.54) is 13.1 Å². The lowest BCUT2D eigenvalue weighted by molar-refractivity contribution is -0.838. The summed E-state index contributed by atoms with van der Waals surface area (Å²) in [5.41, 5.74) is 5.51. The van der Waals surface area contributed by atoms with E-state index in [2.05, 4.69) is 10.4 Å². The maximum Gasteiger partial charge on any atom is 0.307 e. The normalized spacial score (nSPS) is 20.6. The number of amides is 2. The van der Waals surface area contributed by atoms with Crippen LogP contribution in [0.3, 0.4) is 0 Å². The van der Waals surface area contributed by atoms with E-state index in [0.29, 0.717) is 10.7 Å². The Labute approximate surface area is 75.1 Å². The van der Waals surface area contributed by atoms with Gasteiger partial charge in [0.05, 0.1) is 7.05 Å². The Morgan fingerprint density at radius 2 is 2.23 bits per heavy atom. The zero-order valence-electron chi connectivity index (χ0n) is 7.42. The summed E-state index contributed by atoms with van der Waals surface area (Å²) >= 11 is 0. The standard InChI is InChI=1S/C7H10N4O2/c1-9-7(13)5-3-4(6(8)12)10-11(5)2/h3H,1-2H3,(H2,8,12)(H,9,13)/p+1. The zero-order chi connectivity index (χ0) is 10.0. The molecule has 70 valence electrons. The predicted octanol–water partition coefficient (Wildman–Crippen LogP) is -3.01. The highest BCUT2D eigenvalue weighted by atomic mass is 16.2. The molecule has 6 nitrogen and oxygen atoms in total. The number of quaternary nitrogens is 1. The summed E-state index contributed by atoms with van der Waals surface area (Å²) in [5, 5.41) is 6.79. The third kappa shape index (κ3) is 1.73. The molecular formula is C7H11N4O2+. The summed E-state index contributed by atoms with van der Waals surface area (Å²) in [4.78, 5) is 21.9. The first-order valence-electron chi connectivity index (χ1n) is 3.72. The largest absolute Gasteiger partial charge is 0.364 e. The van der Waals surface area contributed by atoms with Crippen molar-refractivity contribution in [1.29, 1.82) is 0 Å². The van der Waals surface area contributed by atoms with Crippen LogP contribution in [0.25, 0.3) is 0 Å². The second-order valence-electron chi connectivity index (χ2n) is 2.58. The molecule has 0 saturated heterocycles. The SMILES string of the molecule is CNC(=O)C1=CC(C(N)=O)=N[NH+]1C. The first-order chi connectivity index (χ1) is 6.06. The molecule has 0 spiro atoms. The Bertz CT molecular complexity index is 318. The lowest BCUT2D eigenvalue weighted by Crippen LogP contribution is -3.02. The molecule has 0 bridgehead atoms. The van der Waals surface area contributed by atoms with E-state index < -0.39 is 5.91 Å². The van der Waals surface area contributed by atoms with Crippen molar-refractivity contribution in [3.63, 3.8) is 0 Å².